The van der Waals surface area contributed by atoms with Gasteiger partial charge in [0.05, 0.1) is 0 Å². The van der Waals surface area contributed by atoms with Crippen molar-refractivity contribution in [2.24, 2.45) is 0 Å². The molecule has 0 bridgehead atoms. The molecule has 84 valence electrons. The Morgan fingerprint density at radius 1 is 1.18 bits per heavy atom. The number of benzene rings is 2. The van der Waals surface area contributed by atoms with E-state index in [9.17, 15) is 5.11 Å². The highest BCUT2D eigenvalue weighted by Gasteiger charge is 2.01. The minimum absolute atomic E-state index is 0.629. The van der Waals surface area contributed by atoms with Gasteiger partial charge < -0.3 is 10.5 Å². The zero-order chi connectivity index (χ0) is 12.3. The lowest BCUT2D eigenvalue weighted by atomic mass is 10.0. The number of hydrogen-bond acceptors (Lipinski definition) is 2. The Morgan fingerprint density at radius 3 is 2.53 bits per heavy atom. The molecule has 2 N–H and O–H groups in total. The minimum Gasteiger partial charge on any atom is -0.381 e. The van der Waals surface area contributed by atoms with E-state index in [2.05, 4.69) is 11.8 Å². The van der Waals surface area contributed by atoms with E-state index in [4.69, 9.17) is 5.41 Å². The van der Waals surface area contributed by atoms with Gasteiger partial charge >= 0.3 is 0 Å². The molecule has 2 rings (SSSR count). The Bertz CT molecular complexity index is 618. The van der Waals surface area contributed by atoms with Crippen LogP contribution in [0, 0.1) is 17.3 Å². The first kappa shape index (κ1) is 11.4. The van der Waals surface area contributed by atoms with Crippen LogP contribution in [0.2, 0.25) is 0 Å². The van der Waals surface area contributed by atoms with E-state index in [1.54, 1.807) is 6.92 Å². The van der Waals surface area contributed by atoms with E-state index in [-0.39, 0.29) is 0 Å². The lowest BCUT2D eigenvalue weighted by molar-refractivity contribution is 0.253. The summed E-state index contributed by atoms with van der Waals surface area (Å²) in [4.78, 5) is 0. The minimum atomic E-state index is -0.629. The Kier molecular flexibility index (Phi) is 3.22. The zero-order valence-corrected chi connectivity index (χ0v) is 9.57. The third kappa shape index (κ3) is 2.35. The monoisotopic (exact) mass is 223 g/mol. The maximum Gasteiger partial charge on any atom is 0.112 e. The largest absolute Gasteiger partial charge is 0.381 e. The average molecular weight is 223 g/mol. The predicted molar refractivity (Wildman–Crippen MR) is 70.4 cm³/mol. The lowest BCUT2D eigenvalue weighted by Gasteiger charge is -2.04. The molecule has 0 heterocycles. The summed E-state index contributed by atoms with van der Waals surface area (Å²) in [6.45, 7) is 1.64. The zero-order valence-electron chi connectivity index (χ0n) is 9.57. The summed E-state index contributed by atoms with van der Waals surface area (Å²) in [7, 11) is 0. The van der Waals surface area contributed by atoms with Gasteiger partial charge in [-0.3, -0.25) is 0 Å². The van der Waals surface area contributed by atoms with Crippen molar-refractivity contribution in [3.8, 4) is 11.8 Å². The molecule has 2 nitrogen and oxygen atoms in total. The van der Waals surface area contributed by atoms with Crippen LogP contribution in [0.25, 0.3) is 10.8 Å². The summed E-state index contributed by atoms with van der Waals surface area (Å²) >= 11 is 0. The van der Waals surface area contributed by atoms with Crippen LogP contribution in [0.15, 0.2) is 36.4 Å². The Labute approximate surface area is 100 Å². The Hall–Kier alpha value is -2.11. The first-order valence-corrected chi connectivity index (χ1v) is 5.44. The fourth-order valence-corrected chi connectivity index (χ4v) is 1.74. The molecule has 0 amide bonds. The van der Waals surface area contributed by atoms with Gasteiger partial charge in [-0.05, 0) is 29.3 Å². The van der Waals surface area contributed by atoms with Gasteiger partial charge in [0, 0.05) is 11.8 Å². The Morgan fingerprint density at radius 2 is 1.88 bits per heavy atom. The van der Waals surface area contributed by atoms with Crippen LogP contribution in [0.4, 0.5) is 0 Å². The van der Waals surface area contributed by atoms with Crippen LogP contribution >= 0.6 is 0 Å². The third-order valence-electron chi connectivity index (χ3n) is 2.53. The smallest absolute Gasteiger partial charge is 0.112 e. The fraction of sp³-hybridized carbons (Fsp3) is 0.133. The second-order valence-corrected chi connectivity index (χ2v) is 3.84. The summed E-state index contributed by atoms with van der Waals surface area (Å²) in [6, 6.07) is 11.6. The molecule has 0 aliphatic rings. The SMILES string of the molecule is CC(O)C#Cc1ccc(C=N)c2ccccc12. The van der Waals surface area contributed by atoms with Gasteiger partial charge in [0.15, 0.2) is 0 Å². The third-order valence-corrected chi connectivity index (χ3v) is 2.53. The van der Waals surface area contributed by atoms with Gasteiger partial charge in [-0.2, -0.15) is 0 Å². The molecule has 0 saturated carbocycles. The van der Waals surface area contributed by atoms with Crippen molar-refractivity contribution in [1.29, 1.82) is 5.41 Å². The van der Waals surface area contributed by atoms with Gasteiger partial charge in [0.1, 0.15) is 6.10 Å². The van der Waals surface area contributed by atoms with Crippen LogP contribution < -0.4 is 0 Å². The van der Waals surface area contributed by atoms with Crippen molar-refractivity contribution >= 4 is 17.0 Å². The van der Waals surface area contributed by atoms with Crippen LogP contribution in [0.3, 0.4) is 0 Å². The van der Waals surface area contributed by atoms with Crippen LogP contribution in [-0.2, 0) is 0 Å². The van der Waals surface area contributed by atoms with E-state index in [1.165, 1.54) is 6.21 Å². The molecule has 0 aromatic heterocycles. The van der Waals surface area contributed by atoms with E-state index in [0.717, 1.165) is 21.9 Å². The van der Waals surface area contributed by atoms with Crippen molar-refractivity contribution in [2.45, 2.75) is 13.0 Å². The first-order valence-electron chi connectivity index (χ1n) is 5.44. The normalized spacial score (nSPS) is 11.6. The molecule has 0 saturated heterocycles. The highest BCUT2D eigenvalue weighted by Crippen LogP contribution is 2.21. The molecular weight excluding hydrogens is 210 g/mol. The molecule has 17 heavy (non-hydrogen) atoms. The van der Waals surface area contributed by atoms with Crippen molar-refractivity contribution in [1.82, 2.24) is 0 Å². The van der Waals surface area contributed by atoms with E-state index in [1.807, 2.05) is 36.4 Å². The van der Waals surface area contributed by atoms with Crippen molar-refractivity contribution < 1.29 is 5.11 Å². The van der Waals surface area contributed by atoms with Crippen molar-refractivity contribution in [3.05, 3.63) is 47.5 Å². The number of aliphatic hydroxyl groups excluding tert-OH is 1. The summed E-state index contributed by atoms with van der Waals surface area (Å²) < 4.78 is 0. The van der Waals surface area contributed by atoms with E-state index in [0.29, 0.717) is 0 Å². The average Bonchev–Trinajstić information content (AvgIpc) is 2.35. The number of aliphatic hydroxyl groups is 1. The molecule has 2 aromatic carbocycles. The maximum absolute atomic E-state index is 9.18. The predicted octanol–water partition coefficient (Wildman–Crippen LogP) is 2.57. The summed E-state index contributed by atoms with van der Waals surface area (Å²) in [6.07, 6.45) is 0.713. The number of fused-ring (bicyclic) bond motifs is 1. The van der Waals surface area contributed by atoms with Gasteiger partial charge in [0.2, 0.25) is 0 Å². The molecule has 2 aromatic rings. The molecule has 0 spiro atoms. The second-order valence-electron chi connectivity index (χ2n) is 3.84. The topological polar surface area (TPSA) is 44.1 Å². The number of hydrogen-bond donors (Lipinski definition) is 2. The lowest BCUT2D eigenvalue weighted by Crippen LogP contribution is -1.93. The number of nitrogens with one attached hydrogen (secondary N) is 1. The first-order chi connectivity index (χ1) is 8.22. The van der Waals surface area contributed by atoms with Crippen LogP contribution in [0.1, 0.15) is 18.1 Å². The summed E-state index contributed by atoms with van der Waals surface area (Å²) in [5.41, 5.74) is 1.76. The van der Waals surface area contributed by atoms with Crippen LogP contribution in [-0.4, -0.2) is 17.4 Å². The fourth-order valence-electron chi connectivity index (χ4n) is 1.74. The van der Waals surface area contributed by atoms with Crippen LogP contribution in [0.5, 0.6) is 0 Å². The van der Waals surface area contributed by atoms with E-state index < -0.39 is 6.10 Å². The molecule has 1 atom stereocenters. The van der Waals surface area contributed by atoms with Crippen molar-refractivity contribution in [3.63, 3.8) is 0 Å². The molecule has 0 aliphatic carbocycles. The van der Waals surface area contributed by atoms with Gasteiger partial charge in [-0.1, -0.05) is 42.2 Å². The van der Waals surface area contributed by atoms with Gasteiger partial charge in [-0.15, -0.1) is 0 Å². The molecule has 0 aliphatic heterocycles. The molecule has 2 heteroatoms. The Balaban J connectivity index is 2.68. The molecule has 0 fully saturated rings. The second kappa shape index (κ2) is 4.82. The number of rotatable bonds is 1. The summed E-state index contributed by atoms with van der Waals surface area (Å²) in [5, 5.41) is 18.6. The molecular formula is C15H13NO. The highest BCUT2D eigenvalue weighted by atomic mass is 16.3. The highest BCUT2D eigenvalue weighted by molar-refractivity contribution is 6.01. The van der Waals surface area contributed by atoms with Gasteiger partial charge in [0.25, 0.3) is 0 Å². The maximum atomic E-state index is 9.18. The molecule has 1 unspecified atom stereocenters. The molecule has 0 radical (unpaired) electrons. The van der Waals surface area contributed by atoms with E-state index >= 15 is 0 Å². The standard InChI is InChI=1S/C15H13NO/c1-11(17)6-7-12-8-9-13(10-16)15-5-3-2-4-14(12)15/h2-5,8-11,16-17H,1H3. The van der Waals surface area contributed by atoms with Crippen molar-refractivity contribution in [2.75, 3.05) is 0 Å². The summed E-state index contributed by atoms with van der Waals surface area (Å²) in [5.74, 6) is 5.70. The quantitative estimate of drug-likeness (QED) is 0.566. The van der Waals surface area contributed by atoms with Gasteiger partial charge in [-0.25, -0.2) is 0 Å².